The lowest BCUT2D eigenvalue weighted by Crippen LogP contribution is -2.63. The van der Waals surface area contributed by atoms with Gasteiger partial charge in [-0.2, -0.15) is 39.5 Å². The van der Waals surface area contributed by atoms with Crippen LogP contribution in [0.15, 0.2) is 0 Å². The predicted octanol–water partition coefficient (Wildman–Crippen LogP) is 1.85. The highest BCUT2D eigenvalue weighted by Gasteiger charge is 2.82. The molecule has 0 aromatic carbocycles. The van der Waals surface area contributed by atoms with Gasteiger partial charge in [0.1, 0.15) is 0 Å². The van der Waals surface area contributed by atoms with Crippen LogP contribution in [-0.4, -0.2) is 45.2 Å². The Hall–Kier alpha value is -0.780. The van der Waals surface area contributed by atoms with Crippen molar-refractivity contribution in [3.8, 4) is 0 Å². The van der Waals surface area contributed by atoms with Crippen molar-refractivity contribution >= 4 is 29.5 Å². The van der Waals surface area contributed by atoms with Crippen LogP contribution in [0.3, 0.4) is 0 Å². The van der Waals surface area contributed by atoms with Gasteiger partial charge in [0.25, 0.3) is 32.9 Å². The first-order valence-electron chi connectivity index (χ1n) is 4.99. The molecular formula is C6H5F9O6S3. The molecule has 0 aliphatic carbocycles. The van der Waals surface area contributed by atoms with E-state index in [4.69, 9.17) is 0 Å². The Bertz CT molecular complexity index is 688. The quantitative estimate of drug-likeness (QED) is 0.619. The number of hydrogen-bond acceptors (Lipinski definition) is 6. The van der Waals surface area contributed by atoms with Gasteiger partial charge in [-0.05, 0) is 6.42 Å². The third-order valence-electron chi connectivity index (χ3n) is 2.58. The molecule has 0 heterocycles. The zero-order valence-electron chi connectivity index (χ0n) is 10.8. The fourth-order valence-corrected chi connectivity index (χ4v) is 8.90. The minimum atomic E-state index is -8.05. The van der Waals surface area contributed by atoms with Gasteiger partial charge in [0.15, 0.2) is 0 Å². The van der Waals surface area contributed by atoms with Gasteiger partial charge in [-0.25, -0.2) is 25.3 Å². The summed E-state index contributed by atoms with van der Waals surface area (Å²) in [6.45, 7) is -0.199. The Morgan fingerprint density at radius 2 is 0.708 bits per heavy atom. The normalized spacial score (nSPS) is 16.2. The average Bonchev–Trinajstić information content (AvgIpc) is 2.24. The molecule has 0 fully saturated rings. The molecule has 0 saturated carbocycles. The summed E-state index contributed by atoms with van der Waals surface area (Å²) in [5, 5.41) is 0. The van der Waals surface area contributed by atoms with Gasteiger partial charge in [0.05, 0.1) is 0 Å². The van der Waals surface area contributed by atoms with Crippen LogP contribution in [0.4, 0.5) is 39.5 Å². The van der Waals surface area contributed by atoms with Gasteiger partial charge in [-0.1, -0.05) is 6.92 Å². The third-order valence-corrected chi connectivity index (χ3v) is 11.7. The second-order valence-electron chi connectivity index (χ2n) is 3.88. The summed E-state index contributed by atoms with van der Waals surface area (Å²) in [5.74, 6) is 0. The highest BCUT2D eigenvalue weighted by atomic mass is 32.3. The van der Waals surface area contributed by atoms with Crippen molar-refractivity contribution in [1.29, 1.82) is 0 Å². The largest absolute Gasteiger partial charge is 0.500 e. The molecule has 0 bridgehead atoms. The summed E-state index contributed by atoms with van der Waals surface area (Å²) in [7, 11) is -24.1. The molecule has 0 saturated heterocycles. The average molecular weight is 440 g/mol. The van der Waals surface area contributed by atoms with Crippen LogP contribution in [0.2, 0.25) is 0 Å². The molecule has 0 radical (unpaired) electrons. The van der Waals surface area contributed by atoms with Crippen LogP contribution in [0.1, 0.15) is 13.3 Å². The molecular weight excluding hydrogens is 435 g/mol. The van der Waals surface area contributed by atoms with E-state index in [1.807, 2.05) is 0 Å². The van der Waals surface area contributed by atoms with Crippen LogP contribution >= 0.6 is 0 Å². The minimum Gasteiger partial charge on any atom is -0.217 e. The molecule has 0 aliphatic rings. The van der Waals surface area contributed by atoms with Crippen molar-refractivity contribution < 1.29 is 64.8 Å². The maximum atomic E-state index is 12.5. The molecule has 0 unspecified atom stereocenters. The Labute approximate surface area is 128 Å². The number of rotatable bonds is 4. The maximum Gasteiger partial charge on any atom is 0.500 e. The van der Waals surface area contributed by atoms with Gasteiger partial charge in [0, 0.05) is 0 Å². The lowest BCUT2D eigenvalue weighted by atomic mass is 10.6. The summed E-state index contributed by atoms with van der Waals surface area (Å²) in [6, 6.07) is 0. The van der Waals surface area contributed by atoms with E-state index in [1.165, 1.54) is 0 Å². The lowest BCUT2D eigenvalue weighted by Gasteiger charge is -2.32. The molecule has 0 aliphatic heterocycles. The van der Waals surface area contributed by atoms with E-state index < -0.39 is 55.9 Å². The summed E-state index contributed by atoms with van der Waals surface area (Å²) >= 11 is 0. The Kier molecular flexibility index (Phi) is 5.43. The highest BCUT2D eigenvalue weighted by molar-refractivity contribution is 8.26. The Balaban J connectivity index is 7.69. The Morgan fingerprint density at radius 1 is 0.542 bits per heavy atom. The summed E-state index contributed by atoms with van der Waals surface area (Å²) in [4.78, 5) is 0. The van der Waals surface area contributed by atoms with Crippen LogP contribution in [0.25, 0.3) is 0 Å². The highest BCUT2D eigenvalue weighted by Crippen LogP contribution is 2.52. The van der Waals surface area contributed by atoms with E-state index in [0.717, 1.165) is 0 Å². The van der Waals surface area contributed by atoms with E-state index in [-0.39, 0.29) is 6.92 Å². The molecule has 0 N–H and O–H groups in total. The molecule has 0 spiro atoms. The number of sulfone groups is 3. The van der Waals surface area contributed by atoms with Crippen molar-refractivity contribution in [3.63, 3.8) is 0 Å². The first-order chi connectivity index (χ1) is 10.1. The fourth-order valence-electron chi connectivity index (χ4n) is 1.53. The first-order valence-corrected chi connectivity index (χ1v) is 9.44. The smallest absolute Gasteiger partial charge is 0.217 e. The van der Waals surface area contributed by atoms with Gasteiger partial charge >= 0.3 is 16.5 Å². The lowest BCUT2D eigenvalue weighted by molar-refractivity contribution is -0.0515. The molecule has 0 aromatic rings. The van der Waals surface area contributed by atoms with Crippen molar-refractivity contribution in [2.24, 2.45) is 0 Å². The summed E-state index contributed by atoms with van der Waals surface area (Å²) < 4.78 is 173. The maximum absolute atomic E-state index is 12.5. The minimum absolute atomic E-state index is 0.199. The zero-order valence-corrected chi connectivity index (χ0v) is 13.2. The molecule has 6 nitrogen and oxygen atoms in total. The number of hydrogen-bond donors (Lipinski definition) is 0. The molecule has 0 rings (SSSR count). The second kappa shape index (κ2) is 5.61. The van der Waals surface area contributed by atoms with Crippen LogP contribution in [0.5, 0.6) is 0 Å². The molecule has 0 amide bonds. The SMILES string of the molecule is CCC(S(=O)(=O)C(F)(F)F)(S(=O)(=O)C(F)(F)F)S(=O)(=O)C(F)(F)F. The van der Waals surface area contributed by atoms with E-state index in [9.17, 15) is 64.8 Å². The molecule has 0 atom stereocenters. The van der Waals surface area contributed by atoms with Gasteiger partial charge in [-0.15, -0.1) is 0 Å². The van der Waals surface area contributed by atoms with Gasteiger partial charge in [0.2, 0.25) is 0 Å². The van der Waals surface area contributed by atoms with Gasteiger partial charge in [-0.3, -0.25) is 0 Å². The molecule has 18 heteroatoms. The summed E-state index contributed by atoms with van der Waals surface area (Å²) in [5.41, 5.74) is -21.2. The molecule has 0 aromatic heterocycles. The first kappa shape index (κ1) is 23.2. The van der Waals surface area contributed by atoms with Crippen molar-refractivity contribution in [3.05, 3.63) is 0 Å². The number of alkyl halides is 9. The monoisotopic (exact) mass is 440 g/mol. The van der Waals surface area contributed by atoms with E-state index in [1.54, 1.807) is 0 Å². The second-order valence-corrected chi connectivity index (χ2v) is 11.2. The topological polar surface area (TPSA) is 102 Å². The van der Waals surface area contributed by atoms with Crippen LogP contribution in [-0.2, 0) is 29.5 Å². The van der Waals surface area contributed by atoms with Crippen molar-refractivity contribution in [1.82, 2.24) is 0 Å². The van der Waals surface area contributed by atoms with Gasteiger partial charge < -0.3 is 0 Å². The van der Waals surface area contributed by atoms with Crippen molar-refractivity contribution in [2.45, 2.75) is 33.3 Å². The fraction of sp³-hybridized carbons (Fsp3) is 1.00. The molecule has 146 valence electrons. The zero-order chi connectivity index (χ0) is 20.2. The van der Waals surface area contributed by atoms with E-state index in [0.29, 0.717) is 0 Å². The Morgan fingerprint density at radius 3 is 0.792 bits per heavy atom. The standard InChI is InChI=1S/C6H5F9O6S3/c1-2-3(22(16,17)4(7,8)9,23(18,19)5(10,11)12)24(20,21)6(13,14)15/h2H2,1H3. The van der Waals surface area contributed by atoms with Crippen LogP contribution < -0.4 is 0 Å². The number of halogens is 9. The van der Waals surface area contributed by atoms with Crippen molar-refractivity contribution in [2.75, 3.05) is 0 Å². The summed E-state index contributed by atoms with van der Waals surface area (Å²) in [6.07, 6.45) is -2.72. The molecule has 24 heavy (non-hydrogen) atoms. The van der Waals surface area contributed by atoms with E-state index in [2.05, 4.69) is 0 Å². The van der Waals surface area contributed by atoms with E-state index >= 15 is 0 Å². The van der Waals surface area contributed by atoms with Crippen LogP contribution in [0, 0.1) is 0 Å². The predicted molar refractivity (Wildman–Crippen MR) is 57.9 cm³/mol. The third kappa shape index (κ3) is 2.74.